The number of nitrogens with zero attached hydrogens (tertiary/aromatic N) is 3. The zero-order valence-corrected chi connectivity index (χ0v) is 16.7. The van der Waals surface area contributed by atoms with Gasteiger partial charge in [-0.05, 0) is 48.6 Å². The average Bonchev–Trinajstić information content (AvgIpc) is 2.63. The van der Waals surface area contributed by atoms with Gasteiger partial charge in [0.05, 0.1) is 28.0 Å². The molecule has 2 aromatic heterocycles. The molecule has 4 nitrogen and oxygen atoms in total. The van der Waals surface area contributed by atoms with Crippen LogP contribution in [0.1, 0.15) is 25.2 Å². The summed E-state index contributed by atoms with van der Waals surface area (Å²) in [5.74, 6) is 0. The molecule has 134 valence electrons. The molecule has 0 saturated carbocycles. The lowest BCUT2D eigenvalue weighted by Crippen LogP contribution is -2.30. The SMILES string of the molecule is CC1(C)Cc2nc3ccc(Br)cc3c3c(=O)n(-c4ccccc4)nc(c23)C1. The van der Waals surface area contributed by atoms with E-state index < -0.39 is 0 Å². The Hall–Kier alpha value is -2.53. The summed E-state index contributed by atoms with van der Waals surface area (Å²) in [6.07, 6.45) is 1.67. The van der Waals surface area contributed by atoms with Crippen molar-refractivity contribution >= 4 is 37.6 Å². The third kappa shape index (κ3) is 2.60. The highest BCUT2D eigenvalue weighted by atomic mass is 79.9. The third-order valence-electron chi connectivity index (χ3n) is 5.23. The summed E-state index contributed by atoms with van der Waals surface area (Å²) in [6, 6.07) is 15.6. The molecule has 5 heteroatoms. The minimum absolute atomic E-state index is 0.0574. The molecule has 0 N–H and O–H groups in total. The number of rotatable bonds is 1. The Morgan fingerprint density at radius 3 is 2.52 bits per heavy atom. The van der Waals surface area contributed by atoms with Gasteiger partial charge in [0.25, 0.3) is 5.56 Å². The molecule has 4 aromatic rings. The summed E-state index contributed by atoms with van der Waals surface area (Å²) in [5.41, 5.74) is 3.54. The van der Waals surface area contributed by atoms with Crippen molar-refractivity contribution in [3.63, 3.8) is 0 Å². The molecule has 2 aromatic carbocycles. The van der Waals surface area contributed by atoms with Crippen LogP contribution in [-0.4, -0.2) is 14.8 Å². The van der Waals surface area contributed by atoms with Gasteiger partial charge in [0.2, 0.25) is 0 Å². The van der Waals surface area contributed by atoms with E-state index in [1.165, 1.54) is 0 Å². The van der Waals surface area contributed by atoms with E-state index in [1.54, 1.807) is 4.68 Å². The van der Waals surface area contributed by atoms with Crippen molar-refractivity contribution < 1.29 is 0 Å². The number of hydrogen-bond acceptors (Lipinski definition) is 3. The Morgan fingerprint density at radius 1 is 1.00 bits per heavy atom. The lowest BCUT2D eigenvalue weighted by molar-refractivity contribution is 0.345. The molecule has 0 bridgehead atoms. The van der Waals surface area contributed by atoms with E-state index in [2.05, 4.69) is 29.8 Å². The van der Waals surface area contributed by atoms with Crippen LogP contribution in [0.25, 0.3) is 27.4 Å². The summed E-state index contributed by atoms with van der Waals surface area (Å²) in [5, 5.41) is 7.32. The van der Waals surface area contributed by atoms with E-state index in [-0.39, 0.29) is 11.0 Å². The highest BCUT2D eigenvalue weighted by molar-refractivity contribution is 9.10. The van der Waals surface area contributed by atoms with Gasteiger partial charge in [0.1, 0.15) is 0 Å². The van der Waals surface area contributed by atoms with Gasteiger partial charge in [0.15, 0.2) is 0 Å². The fraction of sp³-hybridized carbons (Fsp3) is 0.227. The number of halogens is 1. The molecule has 0 spiro atoms. The van der Waals surface area contributed by atoms with Crippen LogP contribution in [-0.2, 0) is 12.8 Å². The Kier molecular flexibility index (Phi) is 3.53. The highest BCUT2D eigenvalue weighted by Crippen LogP contribution is 2.38. The van der Waals surface area contributed by atoms with Crippen molar-refractivity contribution in [2.24, 2.45) is 5.41 Å². The lowest BCUT2D eigenvalue weighted by atomic mass is 9.77. The predicted molar refractivity (Wildman–Crippen MR) is 112 cm³/mol. The Balaban J connectivity index is 2.00. The van der Waals surface area contributed by atoms with E-state index in [0.717, 1.165) is 56.1 Å². The topological polar surface area (TPSA) is 47.8 Å². The van der Waals surface area contributed by atoms with E-state index in [0.29, 0.717) is 0 Å². The number of hydrogen-bond donors (Lipinski definition) is 0. The monoisotopic (exact) mass is 419 g/mol. The Morgan fingerprint density at radius 2 is 1.74 bits per heavy atom. The van der Waals surface area contributed by atoms with Gasteiger partial charge < -0.3 is 0 Å². The Labute approximate surface area is 165 Å². The maximum atomic E-state index is 13.5. The van der Waals surface area contributed by atoms with Gasteiger partial charge in [-0.25, -0.2) is 0 Å². The molecule has 0 saturated heterocycles. The van der Waals surface area contributed by atoms with E-state index in [9.17, 15) is 4.79 Å². The van der Waals surface area contributed by atoms with Crippen LogP contribution < -0.4 is 5.56 Å². The first kappa shape index (κ1) is 16.6. The first-order valence-corrected chi connectivity index (χ1v) is 9.82. The second-order valence-corrected chi connectivity index (χ2v) is 8.90. The van der Waals surface area contributed by atoms with Crippen LogP contribution in [0.3, 0.4) is 0 Å². The molecule has 1 aliphatic carbocycles. The summed E-state index contributed by atoms with van der Waals surface area (Å²) in [6.45, 7) is 4.46. The van der Waals surface area contributed by atoms with Crippen LogP contribution in [0, 0.1) is 5.41 Å². The average molecular weight is 420 g/mol. The van der Waals surface area contributed by atoms with Gasteiger partial charge in [-0.1, -0.05) is 48.0 Å². The van der Waals surface area contributed by atoms with Crippen LogP contribution in [0.5, 0.6) is 0 Å². The van der Waals surface area contributed by atoms with Crippen LogP contribution >= 0.6 is 15.9 Å². The molecular formula is C22H18BrN3O. The summed E-state index contributed by atoms with van der Waals surface area (Å²) >= 11 is 3.54. The van der Waals surface area contributed by atoms with Crippen LogP contribution in [0.4, 0.5) is 0 Å². The zero-order chi connectivity index (χ0) is 18.8. The largest absolute Gasteiger partial charge is 0.280 e. The third-order valence-corrected chi connectivity index (χ3v) is 5.72. The number of para-hydroxylation sites is 1. The van der Waals surface area contributed by atoms with E-state index in [1.807, 2.05) is 48.5 Å². The van der Waals surface area contributed by atoms with Gasteiger partial charge in [-0.15, -0.1) is 0 Å². The molecular weight excluding hydrogens is 402 g/mol. The Bertz CT molecular complexity index is 1280. The minimum Gasteiger partial charge on any atom is -0.267 e. The quantitative estimate of drug-likeness (QED) is 0.415. The second-order valence-electron chi connectivity index (χ2n) is 7.99. The van der Waals surface area contributed by atoms with Gasteiger partial charge in [0, 0.05) is 15.2 Å². The van der Waals surface area contributed by atoms with Crippen molar-refractivity contribution in [3.05, 3.63) is 74.7 Å². The predicted octanol–water partition coefficient (Wildman–Crippen LogP) is 4.82. The zero-order valence-electron chi connectivity index (χ0n) is 15.2. The number of benzene rings is 2. The number of fused-ring (bicyclic) bond motifs is 2. The standard InChI is InChI=1S/C22H18BrN3O/c1-22(2)11-17-20-18(12-22)25-26(14-6-4-3-5-7-14)21(27)19(20)15-10-13(23)8-9-16(15)24-17/h3-10H,11-12H2,1-2H3. The summed E-state index contributed by atoms with van der Waals surface area (Å²) in [4.78, 5) is 18.4. The highest BCUT2D eigenvalue weighted by Gasteiger charge is 2.31. The summed E-state index contributed by atoms with van der Waals surface area (Å²) < 4.78 is 2.48. The molecule has 0 atom stereocenters. The molecule has 0 unspecified atom stereocenters. The van der Waals surface area contributed by atoms with Gasteiger partial charge in [-0.3, -0.25) is 9.78 Å². The molecule has 0 radical (unpaired) electrons. The van der Waals surface area contributed by atoms with Crippen molar-refractivity contribution in [1.29, 1.82) is 0 Å². The van der Waals surface area contributed by atoms with Gasteiger partial charge >= 0.3 is 0 Å². The molecule has 1 aliphatic rings. The van der Waals surface area contributed by atoms with Gasteiger partial charge in [-0.2, -0.15) is 9.78 Å². The maximum absolute atomic E-state index is 13.5. The lowest BCUT2D eigenvalue weighted by Gasteiger charge is -2.30. The van der Waals surface area contributed by atoms with Crippen molar-refractivity contribution in [2.45, 2.75) is 26.7 Å². The molecule has 5 rings (SSSR count). The van der Waals surface area contributed by atoms with Crippen molar-refractivity contribution in [2.75, 3.05) is 0 Å². The summed E-state index contributed by atoms with van der Waals surface area (Å²) in [7, 11) is 0. The smallest absolute Gasteiger partial charge is 0.267 e. The van der Waals surface area contributed by atoms with E-state index in [4.69, 9.17) is 10.1 Å². The number of aromatic nitrogens is 3. The first-order valence-electron chi connectivity index (χ1n) is 9.02. The molecule has 0 amide bonds. The van der Waals surface area contributed by atoms with Crippen LogP contribution in [0.2, 0.25) is 0 Å². The molecule has 0 fully saturated rings. The molecule has 27 heavy (non-hydrogen) atoms. The maximum Gasteiger partial charge on any atom is 0.280 e. The van der Waals surface area contributed by atoms with Crippen molar-refractivity contribution in [1.82, 2.24) is 14.8 Å². The first-order chi connectivity index (χ1) is 12.9. The normalized spacial score (nSPS) is 15.4. The second kappa shape index (κ2) is 5.73. The van der Waals surface area contributed by atoms with E-state index >= 15 is 0 Å². The minimum atomic E-state index is -0.0913. The van der Waals surface area contributed by atoms with Crippen LogP contribution in [0.15, 0.2) is 57.8 Å². The molecule has 0 aliphatic heterocycles. The molecule has 2 heterocycles. The fourth-order valence-corrected chi connectivity index (χ4v) is 4.47. The fourth-order valence-electron chi connectivity index (χ4n) is 4.11. The number of pyridine rings is 1. The van der Waals surface area contributed by atoms with Crippen molar-refractivity contribution in [3.8, 4) is 5.69 Å².